The highest BCUT2D eigenvalue weighted by atomic mass is 32.2. The summed E-state index contributed by atoms with van der Waals surface area (Å²) >= 11 is 0. The maximum Gasteiger partial charge on any atom is 0.214 e. The predicted octanol–water partition coefficient (Wildman–Crippen LogP) is 0.427. The van der Waals surface area contributed by atoms with Gasteiger partial charge in [-0.3, -0.25) is 0 Å². The van der Waals surface area contributed by atoms with E-state index in [2.05, 4.69) is 5.32 Å². The second-order valence-electron chi connectivity index (χ2n) is 5.25. The Bertz CT molecular complexity index is 352. The predicted molar refractivity (Wildman–Crippen MR) is 71.0 cm³/mol. The molecule has 0 aromatic rings. The Labute approximate surface area is 110 Å². The molecule has 0 aromatic carbocycles. The van der Waals surface area contributed by atoms with Crippen molar-refractivity contribution in [1.82, 2.24) is 9.62 Å². The van der Waals surface area contributed by atoms with Crippen molar-refractivity contribution < 1.29 is 13.2 Å². The Balaban J connectivity index is 1.92. The zero-order valence-electron chi connectivity index (χ0n) is 11.1. The minimum Gasteiger partial charge on any atom is -0.375 e. The monoisotopic (exact) mass is 276 g/mol. The van der Waals surface area contributed by atoms with Gasteiger partial charge >= 0.3 is 0 Å². The van der Waals surface area contributed by atoms with Gasteiger partial charge in [0.1, 0.15) is 0 Å². The maximum atomic E-state index is 12.4. The summed E-state index contributed by atoms with van der Waals surface area (Å²) < 4.78 is 31.9. The fraction of sp³-hybridized carbons (Fsp3) is 1.00. The van der Waals surface area contributed by atoms with E-state index in [-0.39, 0.29) is 17.8 Å². The van der Waals surface area contributed by atoms with Crippen LogP contribution in [0.3, 0.4) is 0 Å². The minimum absolute atomic E-state index is 0.0676. The van der Waals surface area contributed by atoms with E-state index in [9.17, 15) is 8.42 Å². The summed E-state index contributed by atoms with van der Waals surface area (Å²) in [6.07, 6.45) is 3.05. The van der Waals surface area contributed by atoms with Crippen molar-refractivity contribution in [2.24, 2.45) is 5.92 Å². The van der Waals surface area contributed by atoms with Gasteiger partial charge in [0.05, 0.1) is 18.5 Å². The third-order valence-corrected chi connectivity index (χ3v) is 5.81. The third-order valence-electron chi connectivity index (χ3n) is 3.80. The molecule has 0 spiro atoms. The molecule has 5 nitrogen and oxygen atoms in total. The topological polar surface area (TPSA) is 58.6 Å². The van der Waals surface area contributed by atoms with Gasteiger partial charge < -0.3 is 10.1 Å². The number of sulfonamides is 1. The van der Waals surface area contributed by atoms with Crippen molar-refractivity contribution >= 4 is 10.0 Å². The molecule has 106 valence electrons. The molecule has 2 fully saturated rings. The maximum absolute atomic E-state index is 12.4. The number of ether oxygens (including phenoxy) is 1. The summed E-state index contributed by atoms with van der Waals surface area (Å²) in [5.41, 5.74) is 0. The summed E-state index contributed by atoms with van der Waals surface area (Å²) in [5.74, 6) is 0.558. The number of rotatable bonds is 4. The number of hydrogen-bond donors (Lipinski definition) is 1. The molecule has 2 heterocycles. The molecular weight excluding hydrogens is 252 g/mol. The summed E-state index contributed by atoms with van der Waals surface area (Å²) in [6.45, 7) is 5.46. The van der Waals surface area contributed by atoms with Crippen LogP contribution in [-0.4, -0.2) is 57.4 Å². The van der Waals surface area contributed by atoms with Crippen LogP contribution in [0.25, 0.3) is 0 Å². The number of nitrogens with zero attached hydrogens (tertiary/aromatic N) is 1. The largest absolute Gasteiger partial charge is 0.375 e. The smallest absolute Gasteiger partial charge is 0.214 e. The summed E-state index contributed by atoms with van der Waals surface area (Å²) in [7, 11) is -3.11. The van der Waals surface area contributed by atoms with Crippen LogP contribution >= 0.6 is 0 Å². The van der Waals surface area contributed by atoms with E-state index in [1.807, 2.05) is 6.92 Å². The molecule has 2 aliphatic rings. The SMILES string of the molecule is CCC1CN(S(=O)(=O)CC2CCCNC2)CCO1. The van der Waals surface area contributed by atoms with Crippen LogP contribution in [0.4, 0.5) is 0 Å². The molecule has 18 heavy (non-hydrogen) atoms. The Morgan fingerprint density at radius 1 is 1.44 bits per heavy atom. The first-order valence-corrected chi connectivity index (χ1v) is 8.53. The van der Waals surface area contributed by atoms with Gasteiger partial charge in [-0.15, -0.1) is 0 Å². The highest BCUT2D eigenvalue weighted by molar-refractivity contribution is 7.89. The first-order chi connectivity index (χ1) is 8.62. The van der Waals surface area contributed by atoms with E-state index in [1.165, 1.54) is 0 Å². The molecule has 1 N–H and O–H groups in total. The first kappa shape index (κ1) is 14.2. The lowest BCUT2D eigenvalue weighted by Gasteiger charge is -2.33. The molecule has 2 saturated heterocycles. The lowest BCUT2D eigenvalue weighted by molar-refractivity contribution is -0.00288. The molecule has 0 aromatic heterocycles. The van der Waals surface area contributed by atoms with Crippen molar-refractivity contribution in [3.8, 4) is 0 Å². The van der Waals surface area contributed by atoms with Gasteiger partial charge in [0.15, 0.2) is 0 Å². The Kier molecular flexibility index (Phi) is 5.00. The normalized spacial score (nSPS) is 31.4. The Morgan fingerprint density at radius 3 is 2.94 bits per heavy atom. The summed E-state index contributed by atoms with van der Waals surface area (Å²) in [4.78, 5) is 0. The van der Waals surface area contributed by atoms with Crippen molar-refractivity contribution in [2.45, 2.75) is 32.3 Å². The molecule has 2 rings (SSSR count). The fourth-order valence-corrected chi connectivity index (χ4v) is 4.50. The van der Waals surface area contributed by atoms with Gasteiger partial charge in [-0.05, 0) is 38.3 Å². The first-order valence-electron chi connectivity index (χ1n) is 6.92. The lowest BCUT2D eigenvalue weighted by Crippen LogP contribution is -2.48. The van der Waals surface area contributed by atoms with Gasteiger partial charge in [0, 0.05) is 13.1 Å². The van der Waals surface area contributed by atoms with Crippen molar-refractivity contribution in [1.29, 1.82) is 0 Å². The van der Waals surface area contributed by atoms with Crippen LogP contribution in [0.15, 0.2) is 0 Å². The molecule has 2 unspecified atom stereocenters. The zero-order valence-corrected chi connectivity index (χ0v) is 11.9. The Hall–Kier alpha value is -0.170. The quantitative estimate of drug-likeness (QED) is 0.809. The van der Waals surface area contributed by atoms with E-state index >= 15 is 0 Å². The molecule has 0 amide bonds. The van der Waals surface area contributed by atoms with Gasteiger partial charge in [-0.2, -0.15) is 4.31 Å². The third kappa shape index (κ3) is 3.66. The summed E-state index contributed by atoms with van der Waals surface area (Å²) in [6, 6.07) is 0. The van der Waals surface area contributed by atoms with E-state index < -0.39 is 10.0 Å². The minimum atomic E-state index is -3.11. The molecule has 2 aliphatic heterocycles. The van der Waals surface area contributed by atoms with Crippen molar-refractivity contribution in [3.05, 3.63) is 0 Å². The number of piperidine rings is 1. The van der Waals surface area contributed by atoms with Gasteiger partial charge in [-0.25, -0.2) is 8.42 Å². The number of morpholine rings is 1. The standard InChI is InChI=1S/C12H24N2O3S/c1-2-12-9-14(6-7-17-12)18(15,16)10-11-4-3-5-13-8-11/h11-13H,2-10H2,1H3. The van der Waals surface area contributed by atoms with E-state index in [0.717, 1.165) is 32.4 Å². The van der Waals surface area contributed by atoms with Crippen LogP contribution in [0.5, 0.6) is 0 Å². The van der Waals surface area contributed by atoms with Crippen LogP contribution in [0.2, 0.25) is 0 Å². The second-order valence-corrected chi connectivity index (χ2v) is 7.26. The molecular formula is C12H24N2O3S. The van der Waals surface area contributed by atoms with Crippen molar-refractivity contribution in [2.75, 3.05) is 38.5 Å². The van der Waals surface area contributed by atoms with E-state index in [4.69, 9.17) is 4.74 Å². The van der Waals surface area contributed by atoms with E-state index in [0.29, 0.717) is 19.7 Å². The molecule has 6 heteroatoms. The molecule has 0 saturated carbocycles. The highest BCUT2D eigenvalue weighted by Gasteiger charge is 2.31. The summed E-state index contributed by atoms with van der Waals surface area (Å²) in [5, 5.41) is 3.27. The number of nitrogens with one attached hydrogen (secondary N) is 1. The van der Waals surface area contributed by atoms with Crippen LogP contribution in [0.1, 0.15) is 26.2 Å². The van der Waals surface area contributed by atoms with Gasteiger partial charge in [0.25, 0.3) is 0 Å². The van der Waals surface area contributed by atoms with Gasteiger partial charge in [0.2, 0.25) is 10.0 Å². The molecule has 2 atom stereocenters. The average molecular weight is 276 g/mol. The molecule has 0 radical (unpaired) electrons. The molecule has 0 bridgehead atoms. The average Bonchev–Trinajstić information content (AvgIpc) is 2.39. The van der Waals surface area contributed by atoms with Crippen LogP contribution in [0, 0.1) is 5.92 Å². The molecule has 0 aliphatic carbocycles. The lowest BCUT2D eigenvalue weighted by atomic mass is 10.0. The second kappa shape index (κ2) is 6.32. The zero-order chi connectivity index (χ0) is 13.0. The number of hydrogen-bond acceptors (Lipinski definition) is 4. The van der Waals surface area contributed by atoms with Gasteiger partial charge in [-0.1, -0.05) is 6.92 Å². The van der Waals surface area contributed by atoms with Crippen LogP contribution < -0.4 is 5.32 Å². The Morgan fingerprint density at radius 2 is 2.28 bits per heavy atom. The fourth-order valence-electron chi connectivity index (χ4n) is 2.66. The van der Waals surface area contributed by atoms with Crippen molar-refractivity contribution in [3.63, 3.8) is 0 Å². The van der Waals surface area contributed by atoms with Crippen LogP contribution in [-0.2, 0) is 14.8 Å². The van der Waals surface area contributed by atoms with E-state index in [1.54, 1.807) is 4.31 Å². The highest BCUT2D eigenvalue weighted by Crippen LogP contribution is 2.18.